The van der Waals surface area contributed by atoms with Gasteiger partial charge in [-0.15, -0.1) is 0 Å². The highest BCUT2D eigenvalue weighted by Gasteiger charge is 2.36. The van der Waals surface area contributed by atoms with Gasteiger partial charge in [-0.3, -0.25) is 0 Å². The molecule has 0 radical (unpaired) electrons. The van der Waals surface area contributed by atoms with Crippen molar-refractivity contribution in [3.8, 4) is 0 Å². The summed E-state index contributed by atoms with van der Waals surface area (Å²) in [5.74, 6) is 0. The summed E-state index contributed by atoms with van der Waals surface area (Å²) >= 11 is 22.8. The molecule has 0 aliphatic heterocycles. The fourth-order valence-corrected chi connectivity index (χ4v) is 6.48. The predicted octanol–water partition coefficient (Wildman–Crippen LogP) is 14.4. The number of unbranched alkanes of at least 4 members (excludes halogenated alkanes) is 20. The van der Waals surface area contributed by atoms with Crippen LogP contribution in [-0.4, -0.2) is 46.6 Å². The maximum absolute atomic E-state index is 6.30. The van der Waals surface area contributed by atoms with E-state index in [1.807, 2.05) is 0 Å². The molecule has 0 aliphatic carbocycles. The van der Waals surface area contributed by atoms with E-state index in [2.05, 4.69) is 27.7 Å². The van der Waals surface area contributed by atoms with Crippen molar-refractivity contribution in [1.82, 2.24) is 0 Å². The van der Waals surface area contributed by atoms with Crippen molar-refractivity contribution in [1.29, 1.82) is 0 Å². The number of hydrogen-bond acceptors (Lipinski definition) is 8. The summed E-state index contributed by atoms with van der Waals surface area (Å²) in [6, 6.07) is 0. The van der Waals surface area contributed by atoms with Crippen molar-refractivity contribution in [3.05, 3.63) is 0 Å². The Hall–Kier alpha value is -0.440. The summed E-state index contributed by atoms with van der Waals surface area (Å²) in [4.78, 5) is 0. The first-order chi connectivity index (χ1) is 23.8. The third-order valence-corrected chi connectivity index (χ3v) is 10.4. The zero-order valence-corrected chi connectivity index (χ0v) is 35.7. The Morgan fingerprint density at radius 3 is 0.694 bits per heavy atom. The van der Waals surface area contributed by atoms with E-state index in [0.29, 0.717) is 46.6 Å². The van der Waals surface area contributed by atoms with Crippen molar-refractivity contribution < 1.29 is 18.9 Å². The monoisotopic (exact) mass is 760 g/mol. The van der Waals surface area contributed by atoms with Crippen molar-refractivity contribution >= 4 is 69.1 Å². The van der Waals surface area contributed by atoms with Crippen LogP contribution in [0.3, 0.4) is 0 Å². The zero-order valence-electron chi connectivity index (χ0n) is 32.4. The first kappa shape index (κ1) is 48.6. The molecule has 0 aromatic rings. The maximum Gasteiger partial charge on any atom is 0.159 e. The van der Waals surface area contributed by atoms with E-state index in [9.17, 15) is 0 Å². The summed E-state index contributed by atoms with van der Waals surface area (Å²) in [6.07, 6.45) is 32.4. The van der Waals surface area contributed by atoms with Gasteiger partial charge in [0.1, 0.15) is 31.8 Å². The zero-order chi connectivity index (χ0) is 36.3. The highest BCUT2D eigenvalue weighted by Crippen LogP contribution is 2.24. The van der Waals surface area contributed by atoms with Crippen LogP contribution in [0.25, 0.3) is 0 Å². The fraction of sp³-hybridized carbons (Fsp3) is 0.902. The van der Waals surface area contributed by atoms with Crippen LogP contribution in [0, 0.1) is 5.41 Å². The minimum Gasteiger partial charge on any atom is -0.486 e. The smallest absolute Gasteiger partial charge is 0.159 e. The first-order valence-corrected chi connectivity index (χ1v) is 22.1. The molecule has 0 unspecified atom stereocenters. The van der Waals surface area contributed by atoms with Crippen LogP contribution in [0.4, 0.5) is 0 Å². The SMILES string of the molecule is CCCCCCCCC(=S)OCC(COC(=S)CCCCCCCC)(COC(=S)CCCCCCCC)COC(=S)CCCCCCCC. The summed E-state index contributed by atoms with van der Waals surface area (Å²) < 4.78 is 25.2. The minimum absolute atomic E-state index is 0.320. The molecule has 0 bridgehead atoms. The second-order valence-corrected chi connectivity index (χ2v) is 16.0. The standard InChI is InChI=1S/C41H76O4S4/c1-5-9-13-17-21-25-29-37(46)42-33-41(34-43-38(47)30-26-22-18-14-10-6-2,35-44-39(48)31-27-23-19-15-11-7-3)36-45-40(49)32-28-24-20-16-12-8-4/h5-36H2,1-4H3. The third kappa shape index (κ3) is 32.0. The van der Waals surface area contributed by atoms with Crippen molar-refractivity contribution in [2.45, 2.75) is 207 Å². The van der Waals surface area contributed by atoms with Crippen LogP contribution in [0.5, 0.6) is 0 Å². The molecule has 0 fully saturated rings. The predicted molar refractivity (Wildman–Crippen MR) is 229 cm³/mol. The van der Waals surface area contributed by atoms with Crippen LogP contribution in [0.15, 0.2) is 0 Å². The third-order valence-electron chi connectivity index (χ3n) is 9.10. The first-order valence-electron chi connectivity index (χ1n) is 20.4. The van der Waals surface area contributed by atoms with Crippen molar-refractivity contribution in [2.24, 2.45) is 5.41 Å². The Morgan fingerprint density at radius 1 is 0.306 bits per heavy atom. The molecule has 0 spiro atoms. The van der Waals surface area contributed by atoms with Crippen LogP contribution in [-0.2, 0) is 18.9 Å². The molecule has 0 aromatic heterocycles. The molecule has 0 heterocycles. The normalized spacial score (nSPS) is 11.3. The van der Waals surface area contributed by atoms with Gasteiger partial charge >= 0.3 is 0 Å². The Labute approximate surface area is 325 Å². The van der Waals surface area contributed by atoms with Gasteiger partial charge in [0, 0.05) is 25.7 Å². The van der Waals surface area contributed by atoms with E-state index in [-0.39, 0.29) is 0 Å². The second kappa shape index (κ2) is 35.9. The Kier molecular flexibility index (Phi) is 35.6. The molecule has 0 atom stereocenters. The molecule has 0 aromatic carbocycles. The minimum atomic E-state index is -0.646. The molecule has 49 heavy (non-hydrogen) atoms. The molecule has 0 saturated heterocycles. The van der Waals surface area contributed by atoms with Crippen molar-refractivity contribution in [2.75, 3.05) is 26.4 Å². The molecule has 0 saturated carbocycles. The average Bonchev–Trinajstić information content (AvgIpc) is 3.10. The lowest BCUT2D eigenvalue weighted by molar-refractivity contribution is -0.0163. The van der Waals surface area contributed by atoms with E-state index < -0.39 is 5.41 Å². The van der Waals surface area contributed by atoms with Gasteiger partial charge in [0.05, 0.1) is 0 Å². The van der Waals surface area contributed by atoms with Crippen molar-refractivity contribution in [3.63, 3.8) is 0 Å². The number of hydrogen-bond donors (Lipinski definition) is 0. The van der Waals surface area contributed by atoms with Gasteiger partial charge in [-0.1, -0.05) is 156 Å². The van der Waals surface area contributed by atoms with Gasteiger partial charge in [-0.05, 0) is 74.6 Å². The van der Waals surface area contributed by atoms with Gasteiger partial charge < -0.3 is 18.9 Å². The molecule has 0 amide bonds. The topological polar surface area (TPSA) is 36.9 Å². The van der Waals surface area contributed by atoms with E-state index in [1.165, 1.54) is 128 Å². The highest BCUT2D eigenvalue weighted by molar-refractivity contribution is 7.80. The highest BCUT2D eigenvalue weighted by atomic mass is 32.1. The van der Waals surface area contributed by atoms with Gasteiger partial charge in [0.2, 0.25) is 0 Å². The molecule has 0 N–H and O–H groups in total. The molecular weight excluding hydrogens is 685 g/mol. The Balaban J connectivity index is 5.47. The lowest BCUT2D eigenvalue weighted by Crippen LogP contribution is -2.43. The molecule has 288 valence electrons. The van der Waals surface area contributed by atoms with Gasteiger partial charge in [-0.2, -0.15) is 0 Å². The number of thiocarbonyl (C=S) groups is 4. The lowest BCUT2D eigenvalue weighted by Gasteiger charge is -2.33. The summed E-state index contributed by atoms with van der Waals surface area (Å²) in [5.41, 5.74) is -0.646. The molecular formula is C41H76O4S4. The van der Waals surface area contributed by atoms with E-state index in [1.54, 1.807) is 0 Å². The summed E-state index contributed by atoms with van der Waals surface area (Å²) in [6.45, 7) is 10.3. The van der Waals surface area contributed by atoms with E-state index in [0.717, 1.165) is 51.4 Å². The fourth-order valence-electron chi connectivity index (χ4n) is 5.67. The lowest BCUT2D eigenvalue weighted by atomic mass is 9.92. The van der Waals surface area contributed by atoms with Gasteiger partial charge in [0.15, 0.2) is 20.2 Å². The molecule has 0 aliphatic rings. The van der Waals surface area contributed by atoms with E-state index in [4.69, 9.17) is 67.8 Å². The average molecular weight is 761 g/mol. The second-order valence-electron chi connectivity index (χ2n) is 14.2. The van der Waals surface area contributed by atoms with Gasteiger partial charge in [-0.25, -0.2) is 0 Å². The summed E-state index contributed by atoms with van der Waals surface area (Å²) in [7, 11) is 0. The molecule has 4 nitrogen and oxygen atoms in total. The van der Waals surface area contributed by atoms with Crippen LogP contribution < -0.4 is 0 Å². The maximum atomic E-state index is 6.30. The Bertz CT molecular complexity index is 686. The van der Waals surface area contributed by atoms with E-state index >= 15 is 0 Å². The largest absolute Gasteiger partial charge is 0.486 e. The molecule has 0 rings (SSSR count). The van der Waals surface area contributed by atoms with Crippen LogP contribution >= 0.6 is 48.9 Å². The Morgan fingerprint density at radius 2 is 0.490 bits per heavy atom. The summed E-state index contributed by atoms with van der Waals surface area (Å²) in [5, 5.41) is 2.55. The number of ether oxygens (including phenoxy) is 4. The van der Waals surface area contributed by atoms with Crippen LogP contribution in [0.2, 0.25) is 0 Å². The van der Waals surface area contributed by atoms with Crippen LogP contribution in [0.1, 0.15) is 207 Å². The molecule has 8 heteroatoms. The van der Waals surface area contributed by atoms with Gasteiger partial charge in [0.25, 0.3) is 0 Å². The number of rotatable bonds is 36. The quantitative estimate of drug-likeness (QED) is 0.0462.